The standard InChI is InChI=1S/C15H12BrFO2/c1-19-15-6-5-11(16)9-13(15)14(18)8-10-3-2-4-12(17)7-10/h2-7,9H,8H2,1H3. The summed E-state index contributed by atoms with van der Waals surface area (Å²) in [6.45, 7) is 0. The van der Waals surface area contributed by atoms with E-state index in [4.69, 9.17) is 4.74 Å². The number of methoxy groups -OCH3 is 1. The number of ether oxygens (including phenoxy) is 1. The highest BCUT2D eigenvalue weighted by atomic mass is 79.9. The van der Waals surface area contributed by atoms with E-state index < -0.39 is 0 Å². The molecular formula is C15H12BrFO2. The Morgan fingerprint density at radius 3 is 2.74 bits per heavy atom. The molecule has 2 nitrogen and oxygen atoms in total. The van der Waals surface area contributed by atoms with Crippen molar-refractivity contribution in [3.8, 4) is 5.75 Å². The molecule has 0 unspecified atom stereocenters. The number of rotatable bonds is 4. The normalized spacial score (nSPS) is 10.3. The van der Waals surface area contributed by atoms with Crippen molar-refractivity contribution in [3.63, 3.8) is 0 Å². The molecule has 0 bridgehead atoms. The number of benzene rings is 2. The minimum Gasteiger partial charge on any atom is -0.496 e. The Morgan fingerprint density at radius 2 is 2.05 bits per heavy atom. The number of carbonyl (C=O) groups is 1. The van der Waals surface area contributed by atoms with Gasteiger partial charge in [-0.2, -0.15) is 0 Å². The summed E-state index contributed by atoms with van der Waals surface area (Å²) in [5.41, 5.74) is 1.13. The zero-order chi connectivity index (χ0) is 13.8. The van der Waals surface area contributed by atoms with Gasteiger partial charge in [0.15, 0.2) is 5.78 Å². The molecule has 0 spiro atoms. The molecule has 0 amide bonds. The van der Waals surface area contributed by atoms with Gasteiger partial charge in [0.05, 0.1) is 12.7 Å². The molecule has 0 aliphatic carbocycles. The lowest BCUT2D eigenvalue weighted by atomic mass is 10.0. The van der Waals surface area contributed by atoms with Crippen LogP contribution >= 0.6 is 15.9 Å². The van der Waals surface area contributed by atoms with Gasteiger partial charge < -0.3 is 4.74 Å². The first kappa shape index (κ1) is 13.7. The summed E-state index contributed by atoms with van der Waals surface area (Å²) in [7, 11) is 1.52. The van der Waals surface area contributed by atoms with E-state index in [1.54, 1.807) is 30.3 Å². The average molecular weight is 323 g/mol. The van der Waals surface area contributed by atoms with Gasteiger partial charge >= 0.3 is 0 Å². The van der Waals surface area contributed by atoms with E-state index in [-0.39, 0.29) is 18.0 Å². The molecule has 98 valence electrons. The second-order valence-electron chi connectivity index (χ2n) is 4.07. The molecule has 2 aromatic carbocycles. The predicted molar refractivity (Wildman–Crippen MR) is 75.1 cm³/mol. The number of carbonyl (C=O) groups excluding carboxylic acids is 1. The van der Waals surface area contributed by atoms with E-state index >= 15 is 0 Å². The van der Waals surface area contributed by atoms with Gasteiger partial charge in [-0.15, -0.1) is 0 Å². The Morgan fingerprint density at radius 1 is 1.26 bits per heavy atom. The number of ketones is 1. The van der Waals surface area contributed by atoms with Gasteiger partial charge in [0.2, 0.25) is 0 Å². The van der Waals surface area contributed by atoms with Crippen molar-refractivity contribution in [2.24, 2.45) is 0 Å². The van der Waals surface area contributed by atoms with Gasteiger partial charge in [0.25, 0.3) is 0 Å². The lowest BCUT2D eigenvalue weighted by Crippen LogP contribution is -2.06. The number of hydrogen-bond donors (Lipinski definition) is 0. The molecule has 0 radical (unpaired) electrons. The van der Waals surface area contributed by atoms with Crippen LogP contribution in [0.15, 0.2) is 46.9 Å². The van der Waals surface area contributed by atoms with Crippen LogP contribution in [0.1, 0.15) is 15.9 Å². The molecule has 2 rings (SSSR count). The number of hydrogen-bond acceptors (Lipinski definition) is 2. The van der Waals surface area contributed by atoms with E-state index in [1.165, 1.54) is 19.2 Å². The fourth-order valence-electron chi connectivity index (χ4n) is 1.83. The van der Waals surface area contributed by atoms with Crippen molar-refractivity contribution in [2.75, 3.05) is 7.11 Å². The van der Waals surface area contributed by atoms with Crippen LogP contribution in [0.2, 0.25) is 0 Å². The monoisotopic (exact) mass is 322 g/mol. The second kappa shape index (κ2) is 5.97. The van der Waals surface area contributed by atoms with E-state index in [2.05, 4.69) is 15.9 Å². The highest BCUT2D eigenvalue weighted by Gasteiger charge is 2.13. The van der Waals surface area contributed by atoms with Gasteiger partial charge in [-0.3, -0.25) is 4.79 Å². The van der Waals surface area contributed by atoms with Crippen molar-refractivity contribution >= 4 is 21.7 Å². The molecule has 0 N–H and O–H groups in total. The quantitative estimate of drug-likeness (QED) is 0.795. The molecule has 0 aromatic heterocycles. The zero-order valence-electron chi connectivity index (χ0n) is 10.3. The summed E-state index contributed by atoms with van der Waals surface area (Å²) in [5, 5.41) is 0. The molecule has 0 fully saturated rings. The summed E-state index contributed by atoms with van der Waals surface area (Å²) in [5.74, 6) is 0.0693. The van der Waals surface area contributed by atoms with E-state index in [9.17, 15) is 9.18 Å². The first-order valence-corrected chi connectivity index (χ1v) is 6.50. The van der Waals surface area contributed by atoms with Crippen LogP contribution in [0.5, 0.6) is 5.75 Å². The Bertz CT molecular complexity index is 611. The molecular weight excluding hydrogens is 311 g/mol. The third-order valence-electron chi connectivity index (χ3n) is 2.72. The second-order valence-corrected chi connectivity index (χ2v) is 4.99. The van der Waals surface area contributed by atoms with Gasteiger partial charge in [0.1, 0.15) is 11.6 Å². The molecule has 0 heterocycles. The van der Waals surface area contributed by atoms with Crippen LogP contribution < -0.4 is 4.74 Å². The molecule has 0 saturated carbocycles. The molecule has 4 heteroatoms. The van der Waals surface area contributed by atoms with Crippen molar-refractivity contribution in [1.29, 1.82) is 0 Å². The molecule has 0 aliphatic heterocycles. The highest BCUT2D eigenvalue weighted by molar-refractivity contribution is 9.10. The van der Waals surface area contributed by atoms with Gasteiger partial charge in [-0.25, -0.2) is 4.39 Å². The van der Waals surface area contributed by atoms with Crippen molar-refractivity contribution in [1.82, 2.24) is 0 Å². The van der Waals surface area contributed by atoms with Gasteiger partial charge in [-0.05, 0) is 35.9 Å². The van der Waals surface area contributed by atoms with Crippen LogP contribution in [-0.2, 0) is 6.42 Å². The van der Waals surface area contributed by atoms with E-state index in [0.717, 1.165) is 4.47 Å². The zero-order valence-corrected chi connectivity index (χ0v) is 11.9. The summed E-state index contributed by atoms with van der Waals surface area (Å²) < 4.78 is 19.1. The lowest BCUT2D eigenvalue weighted by Gasteiger charge is -2.08. The molecule has 0 saturated heterocycles. The maximum atomic E-state index is 13.1. The minimum absolute atomic E-state index is 0.108. The molecule has 2 aromatic rings. The fourth-order valence-corrected chi connectivity index (χ4v) is 2.19. The van der Waals surface area contributed by atoms with E-state index in [0.29, 0.717) is 16.9 Å². The van der Waals surface area contributed by atoms with Crippen LogP contribution in [0, 0.1) is 5.82 Å². The van der Waals surface area contributed by atoms with Crippen LogP contribution in [0.25, 0.3) is 0 Å². The Kier molecular flexibility index (Phi) is 4.32. The van der Waals surface area contributed by atoms with Gasteiger partial charge in [0, 0.05) is 10.9 Å². The third-order valence-corrected chi connectivity index (χ3v) is 3.21. The largest absolute Gasteiger partial charge is 0.496 e. The predicted octanol–water partition coefficient (Wildman–Crippen LogP) is 4.02. The molecule has 0 aliphatic rings. The summed E-state index contributed by atoms with van der Waals surface area (Å²) in [6.07, 6.45) is 0.143. The Labute approximate surface area is 119 Å². The number of Topliss-reactive ketones (excluding diaryl/α,β-unsaturated/α-hetero) is 1. The van der Waals surface area contributed by atoms with Crippen LogP contribution in [-0.4, -0.2) is 12.9 Å². The minimum atomic E-state index is -0.341. The Balaban J connectivity index is 2.27. The molecule has 0 atom stereocenters. The van der Waals surface area contributed by atoms with Crippen molar-refractivity contribution < 1.29 is 13.9 Å². The SMILES string of the molecule is COc1ccc(Br)cc1C(=O)Cc1cccc(F)c1. The highest BCUT2D eigenvalue weighted by Crippen LogP contribution is 2.24. The average Bonchev–Trinajstić information content (AvgIpc) is 2.38. The molecule has 19 heavy (non-hydrogen) atoms. The summed E-state index contributed by atoms with van der Waals surface area (Å²) in [6, 6.07) is 11.3. The number of halogens is 2. The summed E-state index contributed by atoms with van der Waals surface area (Å²) >= 11 is 3.32. The van der Waals surface area contributed by atoms with Crippen LogP contribution in [0.3, 0.4) is 0 Å². The topological polar surface area (TPSA) is 26.3 Å². The lowest BCUT2D eigenvalue weighted by molar-refractivity contribution is 0.0990. The fraction of sp³-hybridized carbons (Fsp3) is 0.133. The van der Waals surface area contributed by atoms with Gasteiger partial charge in [-0.1, -0.05) is 28.1 Å². The Hall–Kier alpha value is -1.68. The third kappa shape index (κ3) is 3.41. The summed E-state index contributed by atoms with van der Waals surface area (Å²) in [4.78, 5) is 12.2. The first-order valence-electron chi connectivity index (χ1n) is 5.71. The van der Waals surface area contributed by atoms with Crippen molar-refractivity contribution in [3.05, 3.63) is 63.9 Å². The smallest absolute Gasteiger partial charge is 0.170 e. The maximum Gasteiger partial charge on any atom is 0.170 e. The first-order chi connectivity index (χ1) is 9.10. The maximum absolute atomic E-state index is 13.1. The van der Waals surface area contributed by atoms with E-state index in [1.807, 2.05) is 0 Å². The van der Waals surface area contributed by atoms with Crippen LogP contribution in [0.4, 0.5) is 4.39 Å². The van der Waals surface area contributed by atoms with Crippen molar-refractivity contribution in [2.45, 2.75) is 6.42 Å².